The van der Waals surface area contributed by atoms with E-state index in [9.17, 15) is 5.11 Å². The minimum atomic E-state index is -0.242. The third kappa shape index (κ3) is 1.79. The minimum Gasteiger partial charge on any atom is -0.397 e. The molecule has 76 valence electrons. The Morgan fingerprint density at radius 3 is 2.93 bits per heavy atom. The van der Waals surface area contributed by atoms with E-state index >= 15 is 0 Å². The summed E-state index contributed by atoms with van der Waals surface area (Å²) in [7, 11) is 0. The molecule has 1 saturated heterocycles. The molecular weight excluding hydrogens is 200 g/mol. The van der Waals surface area contributed by atoms with Gasteiger partial charge in [0, 0.05) is 18.1 Å². The molecule has 2 rings (SSSR count). The zero-order valence-corrected chi connectivity index (χ0v) is 8.54. The van der Waals surface area contributed by atoms with Gasteiger partial charge in [-0.25, -0.2) is 0 Å². The van der Waals surface area contributed by atoms with Crippen LogP contribution in [0.2, 0.25) is 5.02 Å². The number of halogens is 1. The lowest BCUT2D eigenvalue weighted by molar-refractivity contribution is 0.198. The van der Waals surface area contributed by atoms with Crippen molar-refractivity contribution >= 4 is 23.0 Å². The molecule has 1 unspecified atom stereocenters. The Labute approximate surface area is 88.1 Å². The molecule has 4 heteroatoms. The van der Waals surface area contributed by atoms with E-state index < -0.39 is 0 Å². The lowest BCUT2D eigenvalue weighted by Gasteiger charge is -2.19. The van der Waals surface area contributed by atoms with Crippen molar-refractivity contribution in [2.75, 3.05) is 23.7 Å². The highest BCUT2D eigenvalue weighted by molar-refractivity contribution is 6.31. The summed E-state index contributed by atoms with van der Waals surface area (Å²) in [4.78, 5) is 2.06. The molecule has 14 heavy (non-hydrogen) atoms. The molecule has 0 amide bonds. The summed E-state index contributed by atoms with van der Waals surface area (Å²) in [6.07, 6.45) is 0.555. The Morgan fingerprint density at radius 1 is 1.50 bits per heavy atom. The Hall–Kier alpha value is -0.930. The second-order valence-electron chi connectivity index (χ2n) is 3.59. The highest BCUT2D eigenvalue weighted by atomic mass is 35.5. The van der Waals surface area contributed by atoms with Crippen LogP contribution in [0.4, 0.5) is 11.4 Å². The Balaban J connectivity index is 2.27. The van der Waals surface area contributed by atoms with Crippen LogP contribution in [0, 0.1) is 0 Å². The number of benzene rings is 1. The Kier molecular flexibility index (Phi) is 2.52. The highest BCUT2D eigenvalue weighted by Crippen LogP contribution is 2.29. The van der Waals surface area contributed by atoms with Gasteiger partial charge in [-0.15, -0.1) is 0 Å². The standard InChI is InChI=1S/C10H13ClN2O/c11-7-1-2-9(12)10(5-7)13-4-3-8(14)6-13/h1-2,5,8,14H,3-4,6,12H2. The molecule has 1 aromatic carbocycles. The lowest BCUT2D eigenvalue weighted by Crippen LogP contribution is -2.22. The average Bonchev–Trinajstić information content (AvgIpc) is 2.56. The van der Waals surface area contributed by atoms with E-state index in [1.807, 2.05) is 6.07 Å². The van der Waals surface area contributed by atoms with Gasteiger partial charge in [-0.3, -0.25) is 0 Å². The predicted molar refractivity (Wildman–Crippen MR) is 58.7 cm³/mol. The number of aliphatic hydroxyl groups excluding tert-OH is 1. The van der Waals surface area contributed by atoms with Gasteiger partial charge in [-0.1, -0.05) is 11.6 Å². The number of nitrogens with zero attached hydrogens (tertiary/aromatic N) is 1. The molecule has 1 atom stereocenters. The first-order valence-corrected chi connectivity index (χ1v) is 5.02. The lowest BCUT2D eigenvalue weighted by atomic mass is 10.2. The van der Waals surface area contributed by atoms with E-state index in [1.54, 1.807) is 12.1 Å². The maximum atomic E-state index is 9.41. The third-order valence-electron chi connectivity index (χ3n) is 2.50. The van der Waals surface area contributed by atoms with E-state index in [2.05, 4.69) is 4.90 Å². The molecule has 1 fully saturated rings. The van der Waals surface area contributed by atoms with Crippen LogP contribution in [0.15, 0.2) is 18.2 Å². The minimum absolute atomic E-state index is 0.242. The quantitative estimate of drug-likeness (QED) is 0.694. The van der Waals surface area contributed by atoms with Gasteiger partial charge in [0.15, 0.2) is 0 Å². The van der Waals surface area contributed by atoms with Crippen LogP contribution in [0.3, 0.4) is 0 Å². The smallest absolute Gasteiger partial charge is 0.0731 e. The maximum Gasteiger partial charge on any atom is 0.0731 e. The van der Waals surface area contributed by atoms with Crippen molar-refractivity contribution in [3.05, 3.63) is 23.2 Å². The van der Waals surface area contributed by atoms with Gasteiger partial charge in [0.05, 0.1) is 17.5 Å². The summed E-state index contributed by atoms with van der Waals surface area (Å²) in [5.41, 5.74) is 7.47. The van der Waals surface area contributed by atoms with Gasteiger partial charge in [-0.2, -0.15) is 0 Å². The van der Waals surface area contributed by atoms with Gasteiger partial charge < -0.3 is 15.7 Å². The van der Waals surface area contributed by atoms with Crippen molar-refractivity contribution in [1.29, 1.82) is 0 Å². The monoisotopic (exact) mass is 212 g/mol. The van der Waals surface area contributed by atoms with Crippen LogP contribution in [0.5, 0.6) is 0 Å². The van der Waals surface area contributed by atoms with Crippen LogP contribution >= 0.6 is 11.6 Å². The highest BCUT2D eigenvalue weighted by Gasteiger charge is 2.21. The first kappa shape index (κ1) is 9.62. The molecule has 1 aliphatic heterocycles. The molecule has 0 spiro atoms. The molecule has 0 saturated carbocycles. The first-order valence-electron chi connectivity index (χ1n) is 4.65. The van der Waals surface area contributed by atoms with Gasteiger partial charge in [0.2, 0.25) is 0 Å². The van der Waals surface area contributed by atoms with Gasteiger partial charge in [-0.05, 0) is 24.6 Å². The molecule has 3 N–H and O–H groups in total. The Morgan fingerprint density at radius 2 is 2.29 bits per heavy atom. The number of β-amino-alcohol motifs (C(OH)–C–C–N with tert-alkyl or cyclic N) is 1. The largest absolute Gasteiger partial charge is 0.397 e. The van der Waals surface area contributed by atoms with Crippen molar-refractivity contribution < 1.29 is 5.11 Å². The van der Waals surface area contributed by atoms with Gasteiger partial charge >= 0.3 is 0 Å². The van der Waals surface area contributed by atoms with Crippen molar-refractivity contribution in [3.8, 4) is 0 Å². The number of hydrogen-bond acceptors (Lipinski definition) is 3. The summed E-state index contributed by atoms with van der Waals surface area (Å²) >= 11 is 5.89. The summed E-state index contributed by atoms with van der Waals surface area (Å²) in [5, 5.41) is 10.1. The Bertz CT molecular complexity index is 343. The van der Waals surface area contributed by atoms with Crippen molar-refractivity contribution in [2.24, 2.45) is 0 Å². The van der Waals surface area contributed by atoms with E-state index in [-0.39, 0.29) is 6.10 Å². The van der Waals surface area contributed by atoms with E-state index in [4.69, 9.17) is 17.3 Å². The number of hydrogen-bond donors (Lipinski definition) is 2. The topological polar surface area (TPSA) is 49.5 Å². The third-order valence-corrected chi connectivity index (χ3v) is 2.73. The zero-order valence-electron chi connectivity index (χ0n) is 7.78. The van der Waals surface area contributed by atoms with Crippen molar-refractivity contribution in [2.45, 2.75) is 12.5 Å². The maximum absolute atomic E-state index is 9.41. The molecule has 0 aliphatic carbocycles. The molecule has 1 heterocycles. The van der Waals surface area contributed by atoms with Crippen LogP contribution in [0.25, 0.3) is 0 Å². The average molecular weight is 213 g/mol. The van der Waals surface area contributed by atoms with Gasteiger partial charge in [0.25, 0.3) is 0 Å². The predicted octanol–water partition coefficient (Wildman–Crippen LogP) is 1.49. The number of anilines is 2. The molecule has 1 aromatic rings. The molecule has 1 aliphatic rings. The molecule has 0 aromatic heterocycles. The second kappa shape index (κ2) is 3.67. The van der Waals surface area contributed by atoms with Crippen molar-refractivity contribution in [1.82, 2.24) is 0 Å². The normalized spacial score (nSPS) is 21.6. The first-order chi connectivity index (χ1) is 6.66. The molecule has 0 radical (unpaired) electrons. The number of nitrogens with two attached hydrogens (primary N) is 1. The van der Waals surface area contributed by atoms with Crippen LogP contribution < -0.4 is 10.6 Å². The van der Waals surface area contributed by atoms with Crippen LogP contribution in [-0.4, -0.2) is 24.3 Å². The summed E-state index contributed by atoms with van der Waals surface area (Å²) < 4.78 is 0. The fraction of sp³-hybridized carbons (Fsp3) is 0.400. The molecule has 3 nitrogen and oxygen atoms in total. The van der Waals surface area contributed by atoms with E-state index in [1.165, 1.54) is 0 Å². The van der Waals surface area contributed by atoms with Crippen molar-refractivity contribution in [3.63, 3.8) is 0 Å². The van der Waals surface area contributed by atoms with Crippen LogP contribution in [-0.2, 0) is 0 Å². The fourth-order valence-electron chi connectivity index (χ4n) is 1.75. The van der Waals surface area contributed by atoms with Crippen LogP contribution in [0.1, 0.15) is 6.42 Å². The number of rotatable bonds is 1. The van der Waals surface area contributed by atoms with E-state index in [0.29, 0.717) is 17.3 Å². The summed E-state index contributed by atoms with van der Waals surface area (Å²) in [5.74, 6) is 0. The SMILES string of the molecule is Nc1ccc(Cl)cc1N1CCC(O)C1. The molecule has 0 bridgehead atoms. The zero-order chi connectivity index (χ0) is 10.1. The number of aliphatic hydroxyl groups is 1. The number of nitrogen functional groups attached to an aromatic ring is 1. The van der Waals surface area contributed by atoms with Gasteiger partial charge in [0.1, 0.15) is 0 Å². The van der Waals surface area contributed by atoms with E-state index in [0.717, 1.165) is 18.7 Å². The fourth-order valence-corrected chi connectivity index (χ4v) is 1.92. The summed E-state index contributed by atoms with van der Waals surface area (Å²) in [6.45, 7) is 1.48. The second-order valence-corrected chi connectivity index (χ2v) is 4.03. The summed E-state index contributed by atoms with van der Waals surface area (Å²) in [6, 6.07) is 5.41. The molecular formula is C10H13ClN2O.